The number of nitrogens with zero attached hydrogens (tertiary/aromatic N) is 5. The molecule has 3 aromatic heterocycles. The Morgan fingerprint density at radius 1 is 1.27 bits per heavy atom. The summed E-state index contributed by atoms with van der Waals surface area (Å²) in [6.45, 7) is 4.25. The fourth-order valence-corrected chi connectivity index (χ4v) is 2.53. The number of hydrogen-bond donors (Lipinski definition) is 1. The van der Waals surface area contributed by atoms with Crippen molar-refractivity contribution in [3.63, 3.8) is 0 Å². The predicted molar refractivity (Wildman–Crippen MR) is 103 cm³/mol. The molecule has 3 aromatic rings. The minimum absolute atomic E-state index is 0.0139. The molecule has 0 atom stereocenters. The molecule has 0 amide bonds. The van der Waals surface area contributed by atoms with E-state index in [0.29, 0.717) is 0 Å². The van der Waals surface area contributed by atoms with Crippen LogP contribution in [0.5, 0.6) is 5.75 Å². The lowest BCUT2D eigenvalue weighted by molar-refractivity contribution is -0.128. The molecule has 11 heteroatoms. The van der Waals surface area contributed by atoms with Crippen molar-refractivity contribution in [2.45, 2.75) is 32.9 Å². The summed E-state index contributed by atoms with van der Waals surface area (Å²) < 4.78 is 58.9. The molecule has 0 aliphatic rings. The molecule has 0 bridgehead atoms. The van der Waals surface area contributed by atoms with Crippen LogP contribution in [0.3, 0.4) is 0 Å². The Morgan fingerprint density at radius 3 is 2.47 bits per heavy atom. The van der Waals surface area contributed by atoms with Crippen LogP contribution in [0.4, 0.5) is 23.4 Å². The van der Waals surface area contributed by atoms with Gasteiger partial charge in [0.05, 0.1) is 25.3 Å². The summed E-state index contributed by atoms with van der Waals surface area (Å²) in [4.78, 5) is 8.07. The third-order valence-corrected chi connectivity index (χ3v) is 3.69. The molecule has 1 N–H and O–H groups in total. The zero-order valence-corrected chi connectivity index (χ0v) is 16.8. The van der Waals surface area contributed by atoms with E-state index in [1.165, 1.54) is 32.8 Å². The second-order valence-electron chi connectivity index (χ2n) is 6.15. The van der Waals surface area contributed by atoms with Gasteiger partial charge in [-0.25, -0.2) is 18.9 Å². The van der Waals surface area contributed by atoms with Crippen molar-refractivity contribution in [1.82, 2.24) is 19.6 Å². The Balaban J connectivity index is 0.00000101. The number of nitriles is 1. The third-order valence-electron chi connectivity index (χ3n) is 3.69. The van der Waals surface area contributed by atoms with Crippen LogP contribution >= 0.6 is 0 Å². The van der Waals surface area contributed by atoms with Crippen molar-refractivity contribution in [3.05, 3.63) is 35.4 Å². The second kappa shape index (κ2) is 9.39. The minimum atomic E-state index is -4.51. The molecule has 0 spiro atoms. The van der Waals surface area contributed by atoms with Gasteiger partial charge in [0.25, 0.3) is 0 Å². The normalized spacial score (nSPS) is 10.9. The van der Waals surface area contributed by atoms with Gasteiger partial charge in [-0.2, -0.15) is 23.5 Å². The molecule has 0 saturated carbocycles. The van der Waals surface area contributed by atoms with Gasteiger partial charge in [-0.15, -0.1) is 0 Å². The minimum Gasteiger partial charge on any atom is -0.495 e. The van der Waals surface area contributed by atoms with E-state index in [-0.39, 0.29) is 39.9 Å². The van der Waals surface area contributed by atoms with Crippen LogP contribution < -0.4 is 10.1 Å². The van der Waals surface area contributed by atoms with Crippen molar-refractivity contribution in [2.75, 3.05) is 19.5 Å². The van der Waals surface area contributed by atoms with Crippen molar-refractivity contribution < 1.29 is 22.3 Å². The summed E-state index contributed by atoms with van der Waals surface area (Å²) >= 11 is 0. The highest BCUT2D eigenvalue weighted by Crippen LogP contribution is 2.30. The third kappa shape index (κ3) is 4.94. The average molecular weight is 424 g/mol. The second-order valence-corrected chi connectivity index (χ2v) is 6.15. The van der Waals surface area contributed by atoms with Gasteiger partial charge >= 0.3 is 6.18 Å². The first-order chi connectivity index (χ1) is 14.2. The SMILES string of the molecule is CCC.CNc1nc(-c2cnc3cc(OC)c(CC(F)(F)F)nn23)c(F)cc1C#N. The van der Waals surface area contributed by atoms with Crippen LogP contribution in [0.1, 0.15) is 31.5 Å². The van der Waals surface area contributed by atoms with E-state index in [0.717, 1.165) is 10.6 Å². The molecular weight excluding hydrogens is 404 g/mol. The lowest BCUT2D eigenvalue weighted by Gasteiger charge is -2.12. The van der Waals surface area contributed by atoms with Crippen molar-refractivity contribution in [2.24, 2.45) is 0 Å². The molecule has 30 heavy (non-hydrogen) atoms. The number of hydrogen-bond acceptors (Lipinski definition) is 6. The molecule has 0 unspecified atom stereocenters. The Kier molecular flexibility index (Phi) is 7.15. The first-order valence-electron chi connectivity index (χ1n) is 8.96. The van der Waals surface area contributed by atoms with Crippen LogP contribution in [0.15, 0.2) is 18.3 Å². The molecule has 160 valence electrons. The van der Waals surface area contributed by atoms with Gasteiger partial charge in [-0.05, 0) is 6.07 Å². The van der Waals surface area contributed by atoms with E-state index in [9.17, 15) is 17.6 Å². The number of methoxy groups -OCH3 is 1. The molecular formula is C19H20F4N6O. The largest absolute Gasteiger partial charge is 0.495 e. The zero-order chi connectivity index (χ0) is 22.5. The number of halogens is 4. The maximum atomic E-state index is 14.4. The van der Waals surface area contributed by atoms with E-state index < -0.39 is 18.4 Å². The number of ether oxygens (including phenoxy) is 1. The van der Waals surface area contributed by atoms with Gasteiger partial charge in [-0.3, -0.25) is 0 Å². The number of pyridine rings is 1. The van der Waals surface area contributed by atoms with Crippen LogP contribution in [-0.2, 0) is 6.42 Å². The fourth-order valence-electron chi connectivity index (χ4n) is 2.53. The lowest BCUT2D eigenvalue weighted by atomic mass is 10.2. The van der Waals surface area contributed by atoms with E-state index in [1.807, 2.05) is 0 Å². The molecule has 3 rings (SSSR count). The fraction of sp³-hybridized carbons (Fsp3) is 0.368. The summed E-state index contributed by atoms with van der Waals surface area (Å²) in [7, 11) is 2.72. The van der Waals surface area contributed by atoms with Crippen LogP contribution in [0.25, 0.3) is 17.0 Å². The first-order valence-corrected chi connectivity index (χ1v) is 8.96. The summed E-state index contributed by atoms with van der Waals surface area (Å²) in [5.41, 5.74) is -0.403. The molecule has 0 saturated heterocycles. The van der Waals surface area contributed by atoms with Gasteiger partial charge in [-0.1, -0.05) is 20.3 Å². The highest BCUT2D eigenvalue weighted by atomic mass is 19.4. The monoisotopic (exact) mass is 424 g/mol. The van der Waals surface area contributed by atoms with E-state index in [4.69, 9.17) is 10.00 Å². The summed E-state index contributed by atoms with van der Waals surface area (Å²) in [6, 6.07) is 4.06. The predicted octanol–water partition coefficient (Wildman–Crippen LogP) is 4.37. The Hall–Kier alpha value is -3.42. The van der Waals surface area contributed by atoms with Crippen LogP contribution in [0.2, 0.25) is 0 Å². The number of imidazole rings is 1. The topological polar surface area (TPSA) is 88.1 Å². The highest BCUT2D eigenvalue weighted by Gasteiger charge is 2.31. The van der Waals surface area contributed by atoms with E-state index >= 15 is 0 Å². The molecule has 0 fully saturated rings. The molecule has 0 radical (unpaired) electrons. The first kappa shape index (κ1) is 22.9. The quantitative estimate of drug-likeness (QED) is 0.626. The van der Waals surface area contributed by atoms with Crippen molar-refractivity contribution >= 4 is 11.5 Å². The Morgan fingerprint density at radius 2 is 1.93 bits per heavy atom. The van der Waals surface area contributed by atoms with Crippen LogP contribution in [-0.4, -0.2) is 39.9 Å². The van der Waals surface area contributed by atoms with Crippen molar-refractivity contribution in [3.8, 4) is 23.2 Å². The summed E-state index contributed by atoms with van der Waals surface area (Å²) in [5, 5.41) is 15.6. The van der Waals surface area contributed by atoms with Gasteiger partial charge < -0.3 is 10.1 Å². The number of nitrogens with one attached hydrogen (secondary N) is 1. The lowest BCUT2D eigenvalue weighted by Crippen LogP contribution is -2.15. The summed E-state index contributed by atoms with van der Waals surface area (Å²) in [6.07, 6.45) is -3.35. The van der Waals surface area contributed by atoms with Gasteiger partial charge in [0.15, 0.2) is 11.5 Å². The standard InChI is InChI=1S/C16H12F4N6O.C3H8/c1-22-15-8(6-21)3-9(17)14(24-15)11-7-23-13-4-12(27-2)10(25-26(11)13)5-16(18,19)20;1-3-2/h3-4,7H,5H2,1-2H3,(H,22,24);3H2,1-2H3. The molecule has 0 aromatic carbocycles. The molecule has 7 nitrogen and oxygen atoms in total. The van der Waals surface area contributed by atoms with Gasteiger partial charge in [0.1, 0.15) is 34.7 Å². The maximum Gasteiger partial charge on any atom is 0.394 e. The zero-order valence-electron chi connectivity index (χ0n) is 16.8. The Labute approximate surface area is 170 Å². The highest BCUT2D eigenvalue weighted by molar-refractivity contribution is 5.65. The van der Waals surface area contributed by atoms with E-state index in [2.05, 4.69) is 34.2 Å². The number of aromatic nitrogens is 4. The molecule has 0 aliphatic heterocycles. The molecule has 3 heterocycles. The van der Waals surface area contributed by atoms with Gasteiger partial charge in [0.2, 0.25) is 0 Å². The number of fused-ring (bicyclic) bond motifs is 1. The Bertz CT molecular complexity index is 1070. The smallest absolute Gasteiger partial charge is 0.394 e. The number of anilines is 1. The maximum absolute atomic E-state index is 14.4. The van der Waals surface area contributed by atoms with E-state index in [1.54, 1.807) is 6.07 Å². The van der Waals surface area contributed by atoms with Crippen LogP contribution in [0, 0.1) is 17.1 Å². The number of rotatable bonds is 4. The summed E-state index contributed by atoms with van der Waals surface area (Å²) in [5.74, 6) is -0.795. The van der Waals surface area contributed by atoms with Crippen molar-refractivity contribution in [1.29, 1.82) is 5.26 Å². The van der Waals surface area contributed by atoms with Gasteiger partial charge in [0, 0.05) is 13.1 Å². The number of alkyl halides is 3. The molecule has 0 aliphatic carbocycles. The average Bonchev–Trinajstić information content (AvgIpc) is 3.09.